The first-order valence-electron chi connectivity index (χ1n) is 7.78. The van der Waals surface area contributed by atoms with Gasteiger partial charge in [-0.25, -0.2) is 0 Å². The van der Waals surface area contributed by atoms with Crippen molar-refractivity contribution < 1.29 is 18.8 Å². The van der Waals surface area contributed by atoms with Gasteiger partial charge in [-0.3, -0.25) is 9.78 Å². The second-order valence-corrected chi connectivity index (χ2v) is 7.49. The molecule has 0 amide bonds. The van der Waals surface area contributed by atoms with Crippen LogP contribution in [0, 0.1) is 0 Å². The van der Waals surface area contributed by atoms with Gasteiger partial charge in [-0.15, -0.1) is 0 Å². The van der Waals surface area contributed by atoms with Crippen LogP contribution in [0.4, 0.5) is 0 Å². The lowest BCUT2D eigenvalue weighted by Gasteiger charge is -2.32. The minimum atomic E-state index is -0.525. The first-order valence-corrected chi connectivity index (χ1v) is 8.58. The van der Waals surface area contributed by atoms with Gasteiger partial charge in [-0.1, -0.05) is 0 Å². The van der Waals surface area contributed by atoms with Crippen molar-refractivity contribution in [3.05, 3.63) is 28.5 Å². The third kappa shape index (κ3) is 3.95. The standard InChI is InChI=1S/C16H23BBrNO4/c1-6-21-14(20)9-12(11-7-8-19-10-13(11)18)17-22-15(2,3)16(4,5)23-17/h7-8,10,12H,6,9H2,1-5H3. The molecule has 0 aliphatic carbocycles. The van der Waals surface area contributed by atoms with E-state index in [4.69, 9.17) is 14.0 Å². The number of aromatic nitrogens is 1. The third-order valence-corrected chi connectivity index (χ3v) is 5.16. The molecular formula is C16H23BBrNO4. The van der Waals surface area contributed by atoms with Crippen molar-refractivity contribution in [1.82, 2.24) is 4.98 Å². The molecule has 0 spiro atoms. The Hall–Kier alpha value is -0.915. The minimum absolute atomic E-state index is 0.188. The maximum atomic E-state index is 12.1. The van der Waals surface area contributed by atoms with E-state index in [1.54, 1.807) is 19.3 Å². The van der Waals surface area contributed by atoms with E-state index in [0.717, 1.165) is 10.0 Å². The zero-order chi connectivity index (χ0) is 17.3. The zero-order valence-electron chi connectivity index (χ0n) is 14.3. The number of halogens is 1. The molecule has 1 aromatic heterocycles. The quantitative estimate of drug-likeness (QED) is 0.575. The van der Waals surface area contributed by atoms with Crippen molar-refractivity contribution in [3.63, 3.8) is 0 Å². The van der Waals surface area contributed by atoms with E-state index in [1.165, 1.54) is 0 Å². The summed E-state index contributed by atoms with van der Waals surface area (Å²) in [5, 5.41) is 0. The summed E-state index contributed by atoms with van der Waals surface area (Å²) in [4.78, 5) is 16.1. The first kappa shape index (κ1) is 18.4. The second kappa shape index (κ2) is 6.91. The Kier molecular flexibility index (Phi) is 5.54. The molecule has 0 bridgehead atoms. The molecule has 0 aromatic carbocycles. The third-order valence-electron chi connectivity index (χ3n) is 4.50. The van der Waals surface area contributed by atoms with Gasteiger partial charge in [0.05, 0.1) is 24.2 Å². The molecule has 1 fully saturated rings. The summed E-state index contributed by atoms with van der Waals surface area (Å²) >= 11 is 3.50. The van der Waals surface area contributed by atoms with Gasteiger partial charge in [0.25, 0.3) is 0 Å². The van der Waals surface area contributed by atoms with E-state index in [2.05, 4.69) is 20.9 Å². The van der Waals surface area contributed by atoms with Crippen molar-refractivity contribution in [2.24, 2.45) is 0 Å². The molecular weight excluding hydrogens is 361 g/mol. The molecule has 1 aliphatic rings. The van der Waals surface area contributed by atoms with Crippen LogP contribution in [-0.4, -0.2) is 35.9 Å². The van der Waals surface area contributed by atoms with Crippen molar-refractivity contribution in [2.75, 3.05) is 6.61 Å². The highest BCUT2D eigenvalue weighted by molar-refractivity contribution is 9.10. The van der Waals surface area contributed by atoms with Gasteiger partial charge in [0.1, 0.15) is 0 Å². The van der Waals surface area contributed by atoms with Crippen LogP contribution in [0.25, 0.3) is 0 Å². The molecule has 5 nitrogen and oxygen atoms in total. The predicted octanol–water partition coefficient (Wildman–Crippen LogP) is 3.51. The van der Waals surface area contributed by atoms with E-state index in [0.29, 0.717) is 6.61 Å². The van der Waals surface area contributed by atoms with Gasteiger partial charge >= 0.3 is 13.1 Å². The summed E-state index contributed by atoms with van der Waals surface area (Å²) in [5.74, 6) is -0.539. The maximum absolute atomic E-state index is 12.1. The fourth-order valence-electron chi connectivity index (χ4n) is 2.49. The number of nitrogens with zero attached hydrogens (tertiary/aromatic N) is 1. The Labute approximate surface area is 146 Å². The lowest BCUT2D eigenvalue weighted by molar-refractivity contribution is -0.143. The van der Waals surface area contributed by atoms with Crippen molar-refractivity contribution in [3.8, 4) is 0 Å². The fourth-order valence-corrected chi connectivity index (χ4v) is 3.04. The second-order valence-electron chi connectivity index (χ2n) is 6.64. The summed E-state index contributed by atoms with van der Waals surface area (Å²) in [6, 6.07) is 1.87. The molecule has 1 aliphatic heterocycles. The summed E-state index contributed by atoms with van der Waals surface area (Å²) in [5.41, 5.74) is 0.0142. The molecule has 1 aromatic rings. The molecule has 0 radical (unpaired) electrons. The number of hydrogen-bond acceptors (Lipinski definition) is 5. The molecule has 126 valence electrons. The average Bonchev–Trinajstić information content (AvgIpc) is 2.66. The Morgan fingerprint density at radius 1 is 1.35 bits per heavy atom. The first-order chi connectivity index (χ1) is 10.7. The number of rotatable bonds is 5. The minimum Gasteiger partial charge on any atom is -0.466 e. The lowest BCUT2D eigenvalue weighted by atomic mass is 9.66. The molecule has 1 saturated heterocycles. The molecule has 1 unspecified atom stereocenters. The number of esters is 1. The van der Waals surface area contributed by atoms with E-state index < -0.39 is 18.3 Å². The van der Waals surface area contributed by atoms with Crippen LogP contribution in [0.15, 0.2) is 22.9 Å². The maximum Gasteiger partial charge on any atom is 0.466 e. The van der Waals surface area contributed by atoms with Crippen LogP contribution in [0.1, 0.15) is 52.4 Å². The highest BCUT2D eigenvalue weighted by Gasteiger charge is 2.54. The number of carbonyl (C=O) groups excluding carboxylic acids is 1. The summed E-state index contributed by atoms with van der Waals surface area (Å²) < 4.78 is 18.2. The van der Waals surface area contributed by atoms with E-state index >= 15 is 0 Å². The van der Waals surface area contributed by atoms with Gasteiger partial charge in [0, 0.05) is 22.7 Å². The topological polar surface area (TPSA) is 57.7 Å². The van der Waals surface area contributed by atoms with E-state index in [1.807, 2.05) is 33.8 Å². The van der Waals surface area contributed by atoms with Crippen molar-refractivity contribution in [1.29, 1.82) is 0 Å². The number of hydrogen-bond donors (Lipinski definition) is 0. The van der Waals surface area contributed by atoms with Crippen LogP contribution in [-0.2, 0) is 18.8 Å². The number of pyridine rings is 1. The largest absolute Gasteiger partial charge is 0.466 e. The van der Waals surface area contributed by atoms with Gasteiger partial charge < -0.3 is 14.0 Å². The van der Waals surface area contributed by atoms with Gasteiger partial charge in [0.2, 0.25) is 0 Å². The van der Waals surface area contributed by atoms with Gasteiger partial charge in [0.15, 0.2) is 0 Å². The molecule has 1 atom stereocenters. The fraction of sp³-hybridized carbons (Fsp3) is 0.625. The Balaban J connectivity index is 2.32. The highest BCUT2D eigenvalue weighted by Crippen LogP contribution is 2.42. The Morgan fingerprint density at radius 3 is 2.48 bits per heavy atom. The summed E-state index contributed by atoms with van der Waals surface area (Å²) in [7, 11) is -0.525. The molecule has 2 heterocycles. The number of carbonyl (C=O) groups is 1. The summed E-state index contributed by atoms with van der Waals surface area (Å²) in [6.45, 7) is 10.1. The van der Waals surface area contributed by atoms with Crippen molar-refractivity contribution >= 4 is 29.0 Å². The van der Waals surface area contributed by atoms with Crippen LogP contribution >= 0.6 is 15.9 Å². The van der Waals surface area contributed by atoms with Gasteiger partial charge in [-0.05, 0) is 62.2 Å². The van der Waals surface area contributed by atoms with E-state index in [-0.39, 0.29) is 18.2 Å². The normalized spacial score (nSPS) is 20.3. The SMILES string of the molecule is CCOC(=O)CC(B1OC(C)(C)C(C)(C)O1)c1ccncc1Br. The molecule has 2 rings (SSSR count). The Morgan fingerprint density at radius 2 is 1.96 bits per heavy atom. The van der Waals surface area contributed by atoms with Crippen LogP contribution < -0.4 is 0 Å². The Bertz CT molecular complexity index is 563. The van der Waals surface area contributed by atoms with Crippen LogP contribution in [0.5, 0.6) is 0 Å². The number of ether oxygens (including phenoxy) is 1. The lowest BCUT2D eigenvalue weighted by Crippen LogP contribution is -2.41. The molecule has 23 heavy (non-hydrogen) atoms. The van der Waals surface area contributed by atoms with Crippen molar-refractivity contribution in [2.45, 2.75) is 58.1 Å². The predicted molar refractivity (Wildman–Crippen MR) is 92.0 cm³/mol. The highest BCUT2D eigenvalue weighted by atomic mass is 79.9. The molecule has 0 N–H and O–H groups in total. The monoisotopic (exact) mass is 383 g/mol. The molecule has 0 saturated carbocycles. The van der Waals surface area contributed by atoms with Gasteiger partial charge in [-0.2, -0.15) is 0 Å². The zero-order valence-corrected chi connectivity index (χ0v) is 15.8. The van der Waals surface area contributed by atoms with Crippen LogP contribution in [0.2, 0.25) is 0 Å². The summed E-state index contributed by atoms with van der Waals surface area (Å²) in [6.07, 6.45) is 3.59. The van der Waals surface area contributed by atoms with Crippen LogP contribution in [0.3, 0.4) is 0 Å². The van der Waals surface area contributed by atoms with E-state index in [9.17, 15) is 4.79 Å². The molecule has 7 heteroatoms. The smallest absolute Gasteiger partial charge is 0.466 e. The average molecular weight is 384 g/mol.